The average Bonchev–Trinajstić information content (AvgIpc) is 2.02. The summed E-state index contributed by atoms with van der Waals surface area (Å²) in [6.07, 6.45) is 2.45. The van der Waals surface area contributed by atoms with Crippen molar-refractivity contribution in [3.63, 3.8) is 0 Å². The Kier molecular flexibility index (Phi) is 3.31. The standard InChI is InChI=1S/C10H19NO2/c1-4-9(12)13-8-5-6-11-10(2,3)7-8/h8,11H,4-7H2,1-3H3. The molecule has 0 spiro atoms. The van der Waals surface area contributed by atoms with Gasteiger partial charge in [0.05, 0.1) is 0 Å². The van der Waals surface area contributed by atoms with Crippen molar-refractivity contribution in [3.8, 4) is 0 Å². The van der Waals surface area contributed by atoms with Gasteiger partial charge >= 0.3 is 5.97 Å². The Morgan fingerprint density at radius 2 is 2.31 bits per heavy atom. The van der Waals surface area contributed by atoms with Crippen molar-refractivity contribution in [3.05, 3.63) is 0 Å². The molecule has 1 aliphatic heterocycles. The molecule has 1 unspecified atom stereocenters. The zero-order valence-electron chi connectivity index (χ0n) is 8.72. The molecule has 0 saturated carbocycles. The van der Waals surface area contributed by atoms with E-state index in [1.165, 1.54) is 0 Å². The monoisotopic (exact) mass is 185 g/mol. The first-order valence-corrected chi connectivity index (χ1v) is 4.98. The fourth-order valence-electron chi connectivity index (χ4n) is 1.68. The molecule has 0 amide bonds. The smallest absolute Gasteiger partial charge is 0.305 e. The van der Waals surface area contributed by atoms with Gasteiger partial charge in [-0.1, -0.05) is 6.92 Å². The molecular formula is C10H19NO2. The molecule has 0 aromatic rings. The van der Waals surface area contributed by atoms with Crippen molar-refractivity contribution in [1.29, 1.82) is 0 Å². The van der Waals surface area contributed by atoms with Gasteiger partial charge in [-0.2, -0.15) is 0 Å². The predicted octanol–water partition coefficient (Wildman–Crippen LogP) is 1.47. The van der Waals surface area contributed by atoms with E-state index in [1.54, 1.807) is 0 Å². The molecule has 1 saturated heterocycles. The molecule has 3 nitrogen and oxygen atoms in total. The molecule has 0 radical (unpaired) electrons. The first-order chi connectivity index (χ1) is 6.03. The van der Waals surface area contributed by atoms with Gasteiger partial charge in [-0.25, -0.2) is 0 Å². The predicted molar refractivity (Wildman–Crippen MR) is 51.5 cm³/mol. The Morgan fingerprint density at radius 3 is 2.85 bits per heavy atom. The minimum atomic E-state index is -0.0808. The molecule has 1 rings (SSSR count). The highest BCUT2D eigenvalue weighted by Gasteiger charge is 2.29. The first kappa shape index (κ1) is 10.5. The molecule has 3 heteroatoms. The normalized spacial score (nSPS) is 26.8. The highest BCUT2D eigenvalue weighted by Crippen LogP contribution is 2.20. The second-order valence-electron chi connectivity index (χ2n) is 4.27. The largest absolute Gasteiger partial charge is 0.462 e. The molecule has 0 bridgehead atoms. The van der Waals surface area contributed by atoms with Gasteiger partial charge in [0.15, 0.2) is 0 Å². The van der Waals surface area contributed by atoms with Gasteiger partial charge in [0, 0.05) is 18.4 Å². The Bertz CT molecular complexity index is 189. The fraction of sp³-hybridized carbons (Fsp3) is 0.900. The SMILES string of the molecule is CCC(=O)OC1CCNC(C)(C)C1. The van der Waals surface area contributed by atoms with Crippen LogP contribution in [-0.4, -0.2) is 24.2 Å². The summed E-state index contributed by atoms with van der Waals surface area (Å²) in [5.74, 6) is -0.0808. The van der Waals surface area contributed by atoms with E-state index in [0.717, 1.165) is 19.4 Å². The van der Waals surface area contributed by atoms with Gasteiger partial charge in [-0.3, -0.25) is 4.79 Å². The van der Waals surface area contributed by atoms with Gasteiger partial charge in [0.2, 0.25) is 0 Å². The van der Waals surface area contributed by atoms with Crippen molar-refractivity contribution >= 4 is 5.97 Å². The number of carbonyl (C=O) groups is 1. The second kappa shape index (κ2) is 4.09. The summed E-state index contributed by atoms with van der Waals surface area (Å²) in [6.45, 7) is 7.04. The summed E-state index contributed by atoms with van der Waals surface area (Å²) >= 11 is 0. The molecule has 1 heterocycles. The molecule has 0 aromatic heterocycles. The summed E-state index contributed by atoms with van der Waals surface area (Å²) in [6, 6.07) is 0. The van der Waals surface area contributed by atoms with Crippen molar-refractivity contribution in [2.45, 2.75) is 51.7 Å². The van der Waals surface area contributed by atoms with Crippen molar-refractivity contribution < 1.29 is 9.53 Å². The van der Waals surface area contributed by atoms with E-state index in [9.17, 15) is 4.79 Å². The van der Waals surface area contributed by atoms with Crippen molar-refractivity contribution in [2.75, 3.05) is 6.54 Å². The van der Waals surface area contributed by atoms with E-state index < -0.39 is 0 Å². The Morgan fingerprint density at radius 1 is 1.62 bits per heavy atom. The topological polar surface area (TPSA) is 38.3 Å². The molecule has 76 valence electrons. The van der Waals surface area contributed by atoms with Crippen LogP contribution in [-0.2, 0) is 9.53 Å². The number of ether oxygens (including phenoxy) is 1. The van der Waals surface area contributed by atoms with Crippen molar-refractivity contribution in [2.24, 2.45) is 0 Å². The second-order valence-corrected chi connectivity index (χ2v) is 4.27. The molecule has 1 aliphatic rings. The molecule has 1 N–H and O–H groups in total. The molecular weight excluding hydrogens is 166 g/mol. The molecule has 1 fully saturated rings. The summed E-state index contributed by atoms with van der Waals surface area (Å²) in [7, 11) is 0. The minimum absolute atomic E-state index is 0.0808. The van der Waals surface area contributed by atoms with Crippen LogP contribution in [0, 0.1) is 0 Å². The molecule has 0 aliphatic carbocycles. The van der Waals surface area contributed by atoms with E-state index >= 15 is 0 Å². The Hall–Kier alpha value is -0.570. The quantitative estimate of drug-likeness (QED) is 0.662. The maximum absolute atomic E-state index is 11.0. The number of esters is 1. The lowest BCUT2D eigenvalue weighted by Gasteiger charge is -2.35. The number of hydrogen-bond donors (Lipinski definition) is 1. The van der Waals surface area contributed by atoms with Crippen LogP contribution in [0.5, 0.6) is 0 Å². The number of nitrogens with one attached hydrogen (secondary N) is 1. The summed E-state index contributed by atoms with van der Waals surface area (Å²) in [4.78, 5) is 11.0. The first-order valence-electron chi connectivity index (χ1n) is 4.98. The maximum atomic E-state index is 11.0. The highest BCUT2D eigenvalue weighted by atomic mass is 16.5. The fourth-order valence-corrected chi connectivity index (χ4v) is 1.68. The zero-order valence-corrected chi connectivity index (χ0v) is 8.72. The zero-order chi connectivity index (χ0) is 9.90. The van der Waals surface area contributed by atoms with Crippen LogP contribution in [0.1, 0.15) is 40.0 Å². The van der Waals surface area contributed by atoms with Crippen LogP contribution in [0.2, 0.25) is 0 Å². The maximum Gasteiger partial charge on any atom is 0.305 e. The lowest BCUT2D eigenvalue weighted by molar-refractivity contribution is -0.150. The van der Waals surface area contributed by atoms with Gasteiger partial charge in [0.1, 0.15) is 6.10 Å². The van der Waals surface area contributed by atoms with Crippen LogP contribution in [0.3, 0.4) is 0 Å². The van der Waals surface area contributed by atoms with Gasteiger partial charge in [0.25, 0.3) is 0 Å². The van der Waals surface area contributed by atoms with Crippen LogP contribution in [0.15, 0.2) is 0 Å². The lowest BCUT2D eigenvalue weighted by Crippen LogP contribution is -2.49. The summed E-state index contributed by atoms with van der Waals surface area (Å²) in [5, 5.41) is 3.39. The van der Waals surface area contributed by atoms with E-state index in [1.807, 2.05) is 6.92 Å². The number of hydrogen-bond acceptors (Lipinski definition) is 3. The van der Waals surface area contributed by atoms with Crippen LogP contribution >= 0.6 is 0 Å². The summed E-state index contributed by atoms with van der Waals surface area (Å²) < 4.78 is 5.30. The molecule has 1 atom stereocenters. The molecule has 0 aromatic carbocycles. The number of piperidine rings is 1. The third kappa shape index (κ3) is 3.35. The lowest BCUT2D eigenvalue weighted by atomic mass is 9.91. The Labute approximate surface area is 79.8 Å². The van der Waals surface area contributed by atoms with E-state index in [-0.39, 0.29) is 17.6 Å². The van der Waals surface area contributed by atoms with Crippen LogP contribution < -0.4 is 5.32 Å². The molecule has 13 heavy (non-hydrogen) atoms. The van der Waals surface area contributed by atoms with Gasteiger partial charge < -0.3 is 10.1 Å². The van der Waals surface area contributed by atoms with Gasteiger partial charge in [-0.15, -0.1) is 0 Å². The van der Waals surface area contributed by atoms with Gasteiger partial charge in [-0.05, 0) is 26.8 Å². The van der Waals surface area contributed by atoms with E-state index in [0.29, 0.717) is 6.42 Å². The third-order valence-electron chi connectivity index (χ3n) is 2.39. The number of rotatable bonds is 2. The van der Waals surface area contributed by atoms with E-state index in [2.05, 4.69) is 19.2 Å². The van der Waals surface area contributed by atoms with Crippen molar-refractivity contribution in [1.82, 2.24) is 5.32 Å². The number of carbonyl (C=O) groups excluding carboxylic acids is 1. The van der Waals surface area contributed by atoms with Crippen LogP contribution in [0.25, 0.3) is 0 Å². The minimum Gasteiger partial charge on any atom is -0.462 e. The Balaban J connectivity index is 2.39. The average molecular weight is 185 g/mol. The third-order valence-corrected chi connectivity index (χ3v) is 2.39. The highest BCUT2D eigenvalue weighted by molar-refractivity contribution is 5.69. The van der Waals surface area contributed by atoms with E-state index in [4.69, 9.17) is 4.74 Å². The van der Waals surface area contributed by atoms with Crippen LogP contribution in [0.4, 0.5) is 0 Å². The summed E-state index contributed by atoms with van der Waals surface area (Å²) in [5.41, 5.74) is 0.108.